The minimum atomic E-state index is -0.352. The van der Waals surface area contributed by atoms with Gasteiger partial charge in [0.2, 0.25) is 0 Å². The van der Waals surface area contributed by atoms with E-state index in [1.807, 2.05) is 30.1 Å². The van der Waals surface area contributed by atoms with Gasteiger partial charge in [-0.1, -0.05) is 12.1 Å². The summed E-state index contributed by atoms with van der Waals surface area (Å²) >= 11 is 0. The number of hydrogen-bond donors (Lipinski definition) is 1. The predicted octanol–water partition coefficient (Wildman–Crippen LogP) is 1.61. The lowest BCUT2D eigenvalue weighted by atomic mass is 10.2. The third-order valence-corrected chi connectivity index (χ3v) is 2.69. The van der Waals surface area contributed by atoms with Gasteiger partial charge in [0.15, 0.2) is 0 Å². The number of rotatable bonds is 4. The van der Waals surface area contributed by atoms with Crippen LogP contribution in [0.15, 0.2) is 39.5 Å². The lowest BCUT2D eigenvalue weighted by Gasteiger charge is -2.19. The second-order valence-electron chi connectivity index (χ2n) is 3.95. The zero-order chi connectivity index (χ0) is 12.3. The Bertz CT molecular complexity index is 562. The third kappa shape index (κ3) is 2.47. The minimum Gasteiger partial charge on any atom is -0.423 e. The molecule has 1 heterocycles. The number of aliphatic hydroxyl groups excluding tert-OH is 1. The van der Waals surface area contributed by atoms with E-state index in [-0.39, 0.29) is 12.2 Å². The van der Waals surface area contributed by atoms with E-state index in [9.17, 15) is 4.79 Å². The Hall–Kier alpha value is -1.81. The van der Waals surface area contributed by atoms with E-state index in [1.54, 1.807) is 6.07 Å². The Morgan fingerprint density at radius 1 is 1.35 bits per heavy atom. The molecular weight excluding hydrogens is 218 g/mol. The molecule has 2 rings (SSSR count). The van der Waals surface area contributed by atoms with Gasteiger partial charge in [-0.25, -0.2) is 4.79 Å². The zero-order valence-electron chi connectivity index (χ0n) is 9.72. The van der Waals surface area contributed by atoms with Gasteiger partial charge in [0.25, 0.3) is 0 Å². The molecule has 4 heteroatoms. The summed E-state index contributed by atoms with van der Waals surface area (Å²) in [5, 5.41) is 9.73. The maximum atomic E-state index is 11.4. The maximum absolute atomic E-state index is 11.4. The summed E-state index contributed by atoms with van der Waals surface area (Å²) in [6, 6.07) is 8.93. The van der Waals surface area contributed by atoms with Crippen molar-refractivity contribution in [2.45, 2.75) is 6.42 Å². The van der Waals surface area contributed by atoms with Crippen LogP contribution in [0.1, 0.15) is 6.42 Å². The molecule has 0 fully saturated rings. The quantitative estimate of drug-likeness (QED) is 0.815. The van der Waals surface area contributed by atoms with Crippen LogP contribution < -0.4 is 10.5 Å². The van der Waals surface area contributed by atoms with E-state index in [1.165, 1.54) is 6.07 Å². The fourth-order valence-electron chi connectivity index (χ4n) is 1.84. The Morgan fingerprint density at radius 3 is 2.88 bits per heavy atom. The smallest absolute Gasteiger partial charge is 0.338 e. The van der Waals surface area contributed by atoms with Crippen molar-refractivity contribution in [3.63, 3.8) is 0 Å². The van der Waals surface area contributed by atoms with Crippen LogP contribution in [0.4, 0.5) is 5.69 Å². The van der Waals surface area contributed by atoms with Crippen molar-refractivity contribution < 1.29 is 9.52 Å². The number of aliphatic hydroxyl groups is 1. The van der Waals surface area contributed by atoms with Crippen molar-refractivity contribution in [1.82, 2.24) is 0 Å². The first kappa shape index (κ1) is 11.7. The molecule has 0 radical (unpaired) electrons. The van der Waals surface area contributed by atoms with Crippen molar-refractivity contribution in [2.24, 2.45) is 0 Å². The molecule has 0 bridgehead atoms. The molecule has 0 unspecified atom stereocenters. The van der Waals surface area contributed by atoms with Crippen LogP contribution in [-0.4, -0.2) is 25.3 Å². The van der Waals surface area contributed by atoms with Crippen molar-refractivity contribution >= 4 is 16.7 Å². The summed E-state index contributed by atoms with van der Waals surface area (Å²) in [6.07, 6.45) is 0.672. The van der Waals surface area contributed by atoms with E-state index >= 15 is 0 Å². The molecule has 0 aliphatic heterocycles. The fourth-order valence-corrected chi connectivity index (χ4v) is 1.84. The van der Waals surface area contributed by atoms with Gasteiger partial charge in [0.05, 0.1) is 5.69 Å². The molecule has 1 aromatic carbocycles. The van der Waals surface area contributed by atoms with Gasteiger partial charge in [-0.3, -0.25) is 0 Å². The highest BCUT2D eigenvalue weighted by molar-refractivity contribution is 5.89. The normalized spacial score (nSPS) is 10.7. The summed E-state index contributed by atoms with van der Waals surface area (Å²) < 4.78 is 5.13. The van der Waals surface area contributed by atoms with Crippen LogP contribution in [0.5, 0.6) is 0 Å². The molecule has 0 atom stereocenters. The predicted molar refractivity (Wildman–Crippen MR) is 67.5 cm³/mol. The van der Waals surface area contributed by atoms with Gasteiger partial charge < -0.3 is 14.4 Å². The zero-order valence-corrected chi connectivity index (χ0v) is 9.72. The molecule has 4 nitrogen and oxygen atoms in total. The van der Waals surface area contributed by atoms with Gasteiger partial charge >= 0.3 is 5.63 Å². The largest absolute Gasteiger partial charge is 0.423 e. The molecule has 90 valence electrons. The summed E-state index contributed by atoms with van der Waals surface area (Å²) in [5.41, 5.74) is 1.07. The van der Waals surface area contributed by atoms with Gasteiger partial charge in [0, 0.05) is 31.7 Å². The molecule has 0 saturated heterocycles. The van der Waals surface area contributed by atoms with Gasteiger partial charge in [0.1, 0.15) is 5.58 Å². The molecule has 0 spiro atoms. The van der Waals surface area contributed by atoms with Crippen LogP contribution in [0.25, 0.3) is 11.0 Å². The van der Waals surface area contributed by atoms with Crippen LogP contribution in [-0.2, 0) is 0 Å². The topological polar surface area (TPSA) is 53.7 Å². The second-order valence-corrected chi connectivity index (χ2v) is 3.95. The maximum Gasteiger partial charge on any atom is 0.338 e. The Balaban J connectivity index is 2.48. The van der Waals surface area contributed by atoms with Crippen LogP contribution in [0.3, 0.4) is 0 Å². The first-order valence-electron chi connectivity index (χ1n) is 5.57. The van der Waals surface area contributed by atoms with Crippen molar-refractivity contribution in [2.75, 3.05) is 25.1 Å². The summed E-state index contributed by atoms with van der Waals surface area (Å²) in [6.45, 7) is 0.841. The highest BCUT2D eigenvalue weighted by Crippen LogP contribution is 2.23. The van der Waals surface area contributed by atoms with Crippen LogP contribution in [0.2, 0.25) is 0 Å². The molecule has 1 N–H and O–H groups in total. The van der Waals surface area contributed by atoms with Crippen molar-refractivity contribution in [1.29, 1.82) is 0 Å². The average Bonchev–Trinajstić information content (AvgIpc) is 2.34. The van der Waals surface area contributed by atoms with Gasteiger partial charge in [-0.05, 0) is 18.6 Å². The molecule has 0 amide bonds. The number of fused-ring (bicyclic) bond motifs is 1. The highest BCUT2D eigenvalue weighted by Gasteiger charge is 2.08. The van der Waals surface area contributed by atoms with Crippen molar-refractivity contribution in [3.8, 4) is 0 Å². The van der Waals surface area contributed by atoms with E-state index in [2.05, 4.69) is 0 Å². The molecule has 0 saturated carbocycles. The van der Waals surface area contributed by atoms with E-state index in [0.29, 0.717) is 18.5 Å². The Labute approximate surface area is 99.1 Å². The van der Waals surface area contributed by atoms with Gasteiger partial charge in [-0.15, -0.1) is 0 Å². The molecule has 2 aromatic rings. The molecule has 0 aliphatic rings. The second kappa shape index (κ2) is 5.01. The summed E-state index contributed by atoms with van der Waals surface area (Å²) in [5.74, 6) is 0. The SMILES string of the molecule is CN(CCCO)c1cc(=O)oc2ccccc12. The molecular formula is C13H15NO3. The van der Waals surface area contributed by atoms with Gasteiger partial charge in [-0.2, -0.15) is 0 Å². The van der Waals surface area contributed by atoms with Crippen LogP contribution in [0, 0.1) is 0 Å². The number of hydrogen-bond acceptors (Lipinski definition) is 4. The van der Waals surface area contributed by atoms with Crippen LogP contribution >= 0.6 is 0 Å². The first-order chi connectivity index (χ1) is 8.22. The summed E-state index contributed by atoms with van der Waals surface area (Å²) in [4.78, 5) is 13.4. The summed E-state index contributed by atoms with van der Waals surface area (Å²) in [7, 11) is 1.90. The lowest BCUT2D eigenvalue weighted by molar-refractivity contribution is 0.290. The number of para-hydroxylation sites is 1. The number of nitrogens with zero attached hydrogens (tertiary/aromatic N) is 1. The fraction of sp³-hybridized carbons (Fsp3) is 0.308. The molecule has 0 aliphatic carbocycles. The van der Waals surface area contributed by atoms with E-state index in [4.69, 9.17) is 9.52 Å². The highest BCUT2D eigenvalue weighted by atomic mass is 16.4. The van der Waals surface area contributed by atoms with E-state index in [0.717, 1.165) is 11.1 Å². The monoisotopic (exact) mass is 233 g/mol. The molecule has 17 heavy (non-hydrogen) atoms. The molecule has 1 aromatic heterocycles. The minimum absolute atomic E-state index is 0.143. The Kier molecular flexibility index (Phi) is 3.44. The number of benzene rings is 1. The van der Waals surface area contributed by atoms with Crippen molar-refractivity contribution in [3.05, 3.63) is 40.8 Å². The Morgan fingerprint density at radius 2 is 2.12 bits per heavy atom. The average molecular weight is 233 g/mol. The third-order valence-electron chi connectivity index (χ3n) is 2.69. The first-order valence-corrected chi connectivity index (χ1v) is 5.57. The lowest BCUT2D eigenvalue weighted by Crippen LogP contribution is -2.21. The van der Waals surface area contributed by atoms with E-state index < -0.39 is 0 Å². The number of anilines is 1. The standard InChI is InChI=1S/C13H15NO3/c1-14(7-4-8-15)11-9-13(16)17-12-6-3-2-5-10(11)12/h2-3,5-6,9,15H,4,7-8H2,1H3.